The zero-order chi connectivity index (χ0) is 12.7. The van der Waals surface area contributed by atoms with Crippen LogP contribution in [-0.4, -0.2) is 19.6 Å². The van der Waals surface area contributed by atoms with Crippen LogP contribution >= 0.6 is 34.2 Å². The van der Waals surface area contributed by atoms with E-state index in [2.05, 4.69) is 44.9 Å². The summed E-state index contributed by atoms with van der Waals surface area (Å²) in [4.78, 5) is 0. The molecule has 92 valence electrons. The van der Waals surface area contributed by atoms with E-state index in [0.717, 1.165) is 20.3 Å². The molecular formula is C12H10ClIN4. The monoisotopic (exact) mass is 372 g/mol. The van der Waals surface area contributed by atoms with Crippen molar-refractivity contribution in [2.45, 2.75) is 6.54 Å². The Kier molecular flexibility index (Phi) is 3.03. The summed E-state index contributed by atoms with van der Waals surface area (Å²) in [5.74, 6) is 0. The van der Waals surface area contributed by atoms with Gasteiger partial charge in [-0.2, -0.15) is 10.2 Å². The van der Waals surface area contributed by atoms with Gasteiger partial charge in [0.2, 0.25) is 0 Å². The van der Waals surface area contributed by atoms with E-state index in [1.54, 1.807) is 0 Å². The number of nitrogens with zero attached hydrogens (tertiary/aromatic N) is 4. The highest BCUT2D eigenvalue weighted by atomic mass is 127. The first-order valence-corrected chi connectivity index (χ1v) is 6.90. The van der Waals surface area contributed by atoms with Crippen molar-refractivity contribution in [1.29, 1.82) is 0 Å². The van der Waals surface area contributed by atoms with E-state index >= 15 is 0 Å². The van der Waals surface area contributed by atoms with E-state index in [0.29, 0.717) is 11.6 Å². The van der Waals surface area contributed by atoms with Gasteiger partial charge in [0.25, 0.3) is 0 Å². The molecule has 6 heteroatoms. The van der Waals surface area contributed by atoms with Gasteiger partial charge in [0.1, 0.15) is 3.70 Å². The quantitative estimate of drug-likeness (QED) is 0.648. The third kappa shape index (κ3) is 2.01. The first-order chi connectivity index (χ1) is 8.65. The van der Waals surface area contributed by atoms with Crippen LogP contribution in [0.5, 0.6) is 0 Å². The van der Waals surface area contributed by atoms with Crippen molar-refractivity contribution in [2.75, 3.05) is 0 Å². The van der Waals surface area contributed by atoms with Crippen molar-refractivity contribution in [3.63, 3.8) is 0 Å². The van der Waals surface area contributed by atoms with Crippen molar-refractivity contribution in [1.82, 2.24) is 19.6 Å². The second kappa shape index (κ2) is 4.55. The molecule has 2 aromatic heterocycles. The number of hydrogen-bond donors (Lipinski definition) is 0. The van der Waals surface area contributed by atoms with Gasteiger partial charge in [-0.25, -0.2) is 0 Å². The third-order valence-electron chi connectivity index (χ3n) is 2.82. The lowest BCUT2D eigenvalue weighted by Gasteiger charge is -1.97. The van der Waals surface area contributed by atoms with Gasteiger partial charge in [-0.15, -0.1) is 0 Å². The van der Waals surface area contributed by atoms with Crippen LogP contribution in [0.25, 0.3) is 10.9 Å². The first kappa shape index (κ1) is 12.0. The Morgan fingerprint density at radius 1 is 1.28 bits per heavy atom. The summed E-state index contributed by atoms with van der Waals surface area (Å²) < 4.78 is 4.52. The van der Waals surface area contributed by atoms with Crippen LogP contribution < -0.4 is 0 Å². The molecule has 0 N–H and O–H groups in total. The zero-order valence-electron chi connectivity index (χ0n) is 9.64. The molecule has 0 aliphatic heterocycles. The maximum atomic E-state index is 6.00. The molecule has 1 aromatic carbocycles. The van der Waals surface area contributed by atoms with Gasteiger partial charge in [-0.1, -0.05) is 29.8 Å². The van der Waals surface area contributed by atoms with Crippen molar-refractivity contribution in [3.8, 4) is 0 Å². The summed E-state index contributed by atoms with van der Waals surface area (Å²) in [6, 6.07) is 8.17. The van der Waals surface area contributed by atoms with Crippen LogP contribution in [0.4, 0.5) is 0 Å². The molecule has 0 atom stereocenters. The molecule has 0 saturated heterocycles. The number of benzene rings is 1. The summed E-state index contributed by atoms with van der Waals surface area (Å²) in [7, 11) is 1.95. The molecule has 18 heavy (non-hydrogen) atoms. The van der Waals surface area contributed by atoms with Crippen LogP contribution in [0.1, 0.15) is 5.69 Å². The molecule has 0 saturated carbocycles. The van der Waals surface area contributed by atoms with E-state index in [-0.39, 0.29) is 0 Å². The largest absolute Gasteiger partial charge is 0.268 e. The van der Waals surface area contributed by atoms with E-state index in [1.165, 1.54) is 0 Å². The van der Waals surface area contributed by atoms with Crippen LogP contribution in [-0.2, 0) is 13.6 Å². The van der Waals surface area contributed by atoms with Crippen LogP contribution in [0, 0.1) is 3.70 Å². The normalized spacial score (nSPS) is 11.3. The van der Waals surface area contributed by atoms with Crippen molar-refractivity contribution < 1.29 is 0 Å². The predicted octanol–water partition coefficient (Wildman–Crippen LogP) is 3.08. The Morgan fingerprint density at radius 2 is 2.06 bits per heavy atom. The topological polar surface area (TPSA) is 35.6 Å². The predicted molar refractivity (Wildman–Crippen MR) is 79.8 cm³/mol. The second-order valence-corrected chi connectivity index (χ2v) is 5.48. The minimum Gasteiger partial charge on any atom is -0.268 e. The maximum absolute atomic E-state index is 6.00. The number of para-hydroxylation sites is 1. The van der Waals surface area contributed by atoms with Gasteiger partial charge in [-0.05, 0) is 28.7 Å². The Morgan fingerprint density at radius 3 is 2.78 bits per heavy atom. The number of rotatable bonds is 2. The summed E-state index contributed by atoms with van der Waals surface area (Å²) in [6.45, 7) is 0.629. The summed E-state index contributed by atoms with van der Waals surface area (Å²) in [5, 5.41) is 10.7. The van der Waals surface area contributed by atoms with Gasteiger partial charge in [0, 0.05) is 18.6 Å². The second-order valence-electron chi connectivity index (χ2n) is 4.05. The highest BCUT2D eigenvalue weighted by Gasteiger charge is 2.10. The highest BCUT2D eigenvalue weighted by molar-refractivity contribution is 14.1. The lowest BCUT2D eigenvalue weighted by atomic mass is 10.2. The van der Waals surface area contributed by atoms with Crippen molar-refractivity contribution >= 4 is 45.1 Å². The lowest BCUT2D eigenvalue weighted by molar-refractivity contribution is 0.651. The van der Waals surface area contributed by atoms with Crippen LogP contribution in [0.15, 0.2) is 30.5 Å². The fourth-order valence-electron chi connectivity index (χ4n) is 2.01. The van der Waals surface area contributed by atoms with Gasteiger partial charge < -0.3 is 0 Å². The fourth-order valence-corrected chi connectivity index (χ4v) is 2.58. The van der Waals surface area contributed by atoms with Crippen LogP contribution in [0.3, 0.4) is 0 Å². The Hall–Kier alpha value is -1.08. The molecule has 0 spiro atoms. The Labute approximate surface area is 123 Å². The molecule has 0 fully saturated rings. The molecule has 4 nitrogen and oxygen atoms in total. The summed E-state index contributed by atoms with van der Waals surface area (Å²) in [6.07, 6.45) is 1.83. The SMILES string of the molecule is Cn1nc(Cn2cc(Cl)c(I)n2)c2ccccc21. The van der Waals surface area contributed by atoms with Crippen molar-refractivity contribution in [3.05, 3.63) is 44.9 Å². The van der Waals surface area contributed by atoms with E-state index in [4.69, 9.17) is 11.6 Å². The minimum atomic E-state index is 0.629. The van der Waals surface area contributed by atoms with E-state index in [9.17, 15) is 0 Å². The fraction of sp³-hybridized carbons (Fsp3) is 0.167. The number of hydrogen-bond acceptors (Lipinski definition) is 2. The average Bonchev–Trinajstić information content (AvgIpc) is 2.83. The molecule has 0 bridgehead atoms. The van der Waals surface area contributed by atoms with Gasteiger partial charge in [0.05, 0.1) is 22.8 Å². The molecule has 3 aromatic rings. The third-order valence-corrected chi connectivity index (χ3v) is 4.21. The molecule has 0 amide bonds. The number of aromatic nitrogens is 4. The molecule has 3 rings (SSSR count). The molecule has 2 heterocycles. The molecule has 0 radical (unpaired) electrons. The minimum absolute atomic E-state index is 0.629. The van der Waals surface area contributed by atoms with E-state index in [1.807, 2.05) is 34.7 Å². The highest BCUT2D eigenvalue weighted by Crippen LogP contribution is 2.20. The average molecular weight is 373 g/mol. The Bertz CT molecular complexity index is 697. The van der Waals surface area contributed by atoms with Crippen molar-refractivity contribution in [2.24, 2.45) is 7.05 Å². The lowest BCUT2D eigenvalue weighted by Crippen LogP contribution is -2.02. The van der Waals surface area contributed by atoms with E-state index < -0.39 is 0 Å². The molecule has 0 aliphatic rings. The summed E-state index contributed by atoms with van der Waals surface area (Å²) in [5.41, 5.74) is 2.13. The zero-order valence-corrected chi connectivity index (χ0v) is 12.6. The molecular weight excluding hydrogens is 363 g/mol. The smallest absolute Gasteiger partial charge is 0.141 e. The number of fused-ring (bicyclic) bond motifs is 1. The molecule has 0 unspecified atom stereocenters. The maximum Gasteiger partial charge on any atom is 0.141 e. The van der Waals surface area contributed by atoms with Crippen LogP contribution in [0.2, 0.25) is 5.02 Å². The first-order valence-electron chi connectivity index (χ1n) is 5.44. The number of aryl methyl sites for hydroxylation is 1. The standard InChI is InChI=1S/C12H10ClIN4/c1-17-11-5-3-2-4-8(11)10(15-17)7-18-6-9(13)12(14)16-18/h2-6H,7H2,1H3. The van der Waals surface area contributed by atoms with Gasteiger partial charge in [0.15, 0.2) is 0 Å². The Balaban J connectivity index is 2.05. The van der Waals surface area contributed by atoms with Gasteiger partial charge in [-0.3, -0.25) is 9.36 Å². The summed E-state index contributed by atoms with van der Waals surface area (Å²) >= 11 is 8.12. The van der Waals surface area contributed by atoms with Gasteiger partial charge >= 0.3 is 0 Å². The number of halogens is 2. The molecule has 0 aliphatic carbocycles.